The number of carbonyl (C=O) groups excluding carboxylic acids is 4. The Morgan fingerprint density at radius 2 is 2.13 bits per heavy atom. The summed E-state index contributed by atoms with van der Waals surface area (Å²) in [5.74, 6) is -4.14. The number of hydrogen-bond donors (Lipinski definition) is 3. The number of carboxylic acid groups (broad SMARTS) is 1. The highest BCUT2D eigenvalue weighted by Crippen LogP contribution is 2.47. The smallest absolute Gasteiger partial charge is 0.352 e. The number of carbonyl (C=O) groups is 5. The van der Waals surface area contributed by atoms with Crippen LogP contribution in [0.2, 0.25) is 0 Å². The number of β-lactam (4-membered cyclic amide) rings is 1. The molecule has 2 aliphatic heterocycles. The predicted octanol–water partition coefficient (Wildman–Crippen LogP) is -0.578. The second kappa shape index (κ2) is 9.08. The van der Waals surface area contributed by atoms with Gasteiger partial charge in [-0.25, -0.2) is 4.79 Å². The predicted molar refractivity (Wildman–Crippen MR) is 108 cm³/mol. The molecule has 0 spiro atoms. The quantitative estimate of drug-likeness (QED) is 0.244. The van der Waals surface area contributed by atoms with Gasteiger partial charge in [0.25, 0.3) is 11.6 Å². The molecule has 2 atom stereocenters. The fourth-order valence-electron chi connectivity index (χ4n) is 3.18. The maximum Gasteiger partial charge on any atom is 0.352 e. The lowest BCUT2D eigenvalue weighted by atomic mass is 9.97. The number of thiophene rings is 1. The van der Waals surface area contributed by atoms with Crippen molar-refractivity contribution in [1.82, 2.24) is 10.2 Å². The van der Waals surface area contributed by atoms with Crippen LogP contribution in [-0.2, 0) is 39.9 Å². The highest BCUT2D eigenvalue weighted by Gasteiger charge is 2.67. The summed E-state index contributed by atoms with van der Waals surface area (Å²) in [6.07, 6.45) is -0.0245. The van der Waals surface area contributed by atoms with Crippen LogP contribution in [0.1, 0.15) is 11.8 Å². The highest BCUT2D eigenvalue weighted by atomic mass is 32.2. The molecule has 3 heterocycles. The number of ether oxygens (including phenoxy) is 2. The lowest BCUT2D eigenvalue weighted by molar-refractivity contribution is -0.198. The zero-order valence-electron chi connectivity index (χ0n) is 16.3. The maximum absolute atomic E-state index is 13.1. The van der Waals surface area contributed by atoms with Crippen LogP contribution in [0.15, 0.2) is 28.8 Å². The minimum Gasteiger partial charge on any atom is -0.477 e. The Morgan fingerprint density at radius 3 is 2.71 bits per heavy atom. The first kappa shape index (κ1) is 22.8. The summed E-state index contributed by atoms with van der Waals surface area (Å²) in [7, 11) is 0. The molecule has 31 heavy (non-hydrogen) atoms. The molecule has 0 bridgehead atoms. The first-order chi connectivity index (χ1) is 14.7. The van der Waals surface area contributed by atoms with E-state index >= 15 is 0 Å². The van der Waals surface area contributed by atoms with Gasteiger partial charge in [0.2, 0.25) is 11.8 Å². The van der Waals surface area contributed by atoms with Crippen LogP contribution in [0, 0.1) is 0 Å². The van der Waals surface area contributed by atoms with Crippen LogP contribution >= 0.6 is 23.1 Å². The number of rotatable bonds is 9. The number of thioether (sulfide) groups is 1. The molecular weight excluding hydrogens is 450 g/mol. The van der Waals surface area contributed by atoms with E-state index in [0.29, 0.717) is 0 Å². The van der Waals surface area contributed by atoms with Crippen molar-refractivity contribution in [3.63, 3.8) is 0 Å². The van der Waals surface area contributed by atoms with E-state index < -0.39 is 47.4 Å². The fourth-order valence-corrected chi connectivity index (χ4v) is 5.28. The molecule has 3 rings (SSSR count). The Hall–Kier alpha value is -2.90. The molecule has 2 aliphatic rings. The van der Waals surface area contributed by atoms with E-state index in [-0.39, 0.29) is 30.1 Å². The summed E-state index contributed by atoms with van der Waals surface area (Å²) in [4.78, 5) is 61.6. The Balaban J connectivity index is 1.87. The third-order valence-corrected chi connectivity index (χ3v) is 6.69. The van der Waals surface area contributed by atoms with Gasteiger partial charge in [-0.2, -0.15) is 0 Å². The molecule has 0 saturated carbocycles. The van der Waals surface area contributed by atoms with Gasteiger partial charge in [0, 0.05) is 23.1 Å². The molecule has 1 fully saturated rings. The van der Waals surface area contributed by atoms with Crippen LogP contribution in [0.3, 0.4) is 0 Å². The largest absolute Gasteiger partial charge is 0.477 e. The number of nitrogens with one attached hydrogen (secondary N) is 1. The molecule has 1 aromatic rings. The van der Waals surface area contributed by atoms with Gasteiger partial charge in [-0.05, 0) is 11.4 Å². The molecule has 11 nitrogen and oxygen atoms in total. The van der Waals surface area contributed by atoms with Crippen LogP contribution in [-0.4, -0.2) is 69.7 Å². The minimum atomic E-state index is -1.94. The number of carboxylic acids is 1. The molecule has 4 N–H and O–H groups in total. The van der Waals surface area contributed by atoms with Gasteiger partial charge in [-0.1, -0.05) is 6.07 Å². The standard InChI is InChI=1S/C18H19N3O8S2/c1-9(22)28-6-10-8-31-17-18(29-7-12(19)23,16(27)21(17)14(10)15(25)26)20-13(24)5-11-3-2-4-30-11/h2-4,17H,5-8H2,1H3,(H2,19,23)(H,20,24)(H,25,26)/t17-,18?/m1/s1. The van der Waals surface area contributed by atoms with Gasteiger partial charge < -0.3 is 25.6 Å². The summed E-state index contributed by atoms with van der Waals surface area (Å²) in [6, 6.07) is 3.52. The van der Waals surface area contributed by atoms with Crippen molar-refractivity contribution >= 4 is 52.8 Å². The molecular formula is C18H19N3O8S2. The summed E-state index contributed by atoms with van der Waals surface area (Å²) < 4.78 is 10.3. The SMILES string of the molecule is CC(=O)OCC1=C(C(=O)O)N2C(=O)C(NC(=O)Cc3cccs3)(OCC(N)=O)[C@H]2SC1. The van der Waals surface area contributed by atoms with E-state index in [1.54, 1.807) is 17.5 Å². The molecule has 0 radical (unpaired) electrons. The van der Waals surface area contributed by atoms with Crippen molar-refractivity contribution < 1.29 is 38.6 Å². The van der Waals surface area contributed by atoms with Gasteiger partial charge in [0.15, 0.2) is 0 Å². The Bertz CT molecular complexity index is 961. The number of amides is 3. The average Bonchev–Trinajstić information content (AvgIpc) is 3.20. The van der Waals surface area contributed by atoms with Crippen molar-refractivity contribution in [1.29, 1.82) is 0 Å². The van der Waals surface area contributed by atoms with E-state index in [2.05, 4.69) is 5.32 Å². The van der Waals surface area contributed by atoms with Crippen LogP contribution in [0.4, 0.5) is 0 Å². The van der Waals surface area contributed by atoms with E-state index in [4.69, 9.17) is 15.2 Å². The van der Waals surface area contributed by atoms with E-state index in [9.17, 15) is 29.1 Å². The molecule has 0 aliphatic carbocycles. The van der Waals surface area contributed by atoms with Crippen LogP contribution in [0.25, 0.3) is 0 Å². The third-order valence-electron chi connectivity index (χ3n) is 4.44. The molecule has 3 amide bonds. The highest BCUT2D eigenvalue weighted by molar-refractivity contribution is 8.00. The van der Waals surface area contributed by atoms with Gasteiger partial charge in [-0.15, -0.1) is 23.1 Å². The summed E-state index contributed by atoms with van der Waals surface area (Å²) in [6.45, 7) is 0.239. The van der Waals surface area contributed by atoms with Crippen LogP contribution < -0.4 is 11.1 Å². The number of esters is 1. The van der Waals surface area contributed by atoms with Crippen molar-refractivity contribution in [3.05, 3.63) is 33.7 Å². The van der Waals surface area contributed by atoms with Crippen molar-refractivity contribution in [2.24, 2.45) is 5.73 Å². The topological polar surface area (TPSA) is 165 Å². The third kappa shape index (κ3) is 4.57. The Labute approximate surface area is 184 Å². The molecule has 1 aromatic heterocycles. The lowest BCUT2D eigenvalue weighted by Gasteiger charge is -2.56. The number of primary amides is 1. The second-order valence-corrected chi connectivity index (χ2v) is 8.77. The van der Waals surface area contributed by atoms with Gasteiger partial charge in [0.1, 0.15) is 24.3 Å². The number of fused-ring (bicyclic) bond motifs is 1. The number of nitrogens with two attached hydrogens (primary N) is 1. The summed E-state index contributed by atoms with van der Waals surface area (Å²) >= 11 is 2.46. The molecule has 13 heteroatoms. The van der Waals surface area contributed by atoms with Crippen LogP contribution in [0.5, 0.6) is 0 Å². The van der Waals surface area contributed by atoms with Crippen molar-refractivity contribution in [2.45, 2.75) is 24.4 Å². The number of aliphatic carboxylic acids is 1. The normalized spacial score (nSPS) is 22.4. The Kier molecular flexibility index (Phi) is 6.67. The van der Waals surface area contributed by atoms with E-state index in [1.807, 2.05) is 0 Å². The molecule has 1 unspecified atom stereocenters. The Morgan fingerprint density at radius 1 is 1.39 bits per heavy atom. The first-order valence-electron chi connectivity index (χ1n) is 8.95. The van der Waals surface area contributed by atoms with Crippen molar-refractivity contribution in [2.75, 3.05) is 19.0 Å². The summed E-state index contributed by atoms with van der Waals surface area (Å²) in [5, 5.41) is 13.0. The number of hydrogen-bond acceptors (Lipinski definition) is 9. The fraction of sp³-hybridized carbons (Fsp3) is 0.389. The van der Waals surface area contributed by atoms with E-state index in [1.165, 1.54) is 18.3 Å². The first-order valence-corrected chi connectivity index (χ1v) is 10.9. The summed E-state index contributed by atoms with van der Waals surface area (Å²) in [5.41, 5.74) is 3.08. The molecule has 0 aromatic carbocycles. The second-order valence-electron chi connectivity index (χ2n) is 6.67. The molecule has 1 saturated heterocycles. The van der Waals surface area contributed by atoms with Crippen molar-refractivity contribution in [3.8, 4) is 0 Å². The molecule has 166 valence electrons. The van der Waals surface area contributed by atoms with E-state index in [0.717, 1.165) is 21.5 Å². The average molecular weight is 469 g/mol. The van der Waals surface area contributed by atoms with Gasteiger partial charge >= 0.3 is 11.9 Å². The van der Waals surface area contributed by atoms with Gasteiger partial charge in [0.05, 0.1) is 6.42 Å². The monoisotopic (exact) mass is 469 g/mol. The zero-order chi connectivity index (χ0) is 22.8. The van der Waals surface area contributed by atoms with Gasteiger partial charge in [-0.3, -0.25) is 24.1 Å². The number of nitrogens with zero attached hydrogens (tertiary/aromatic N) is 1. The lowest BCUT2D eigenvalue weighted by Crippen LogP contribution is -2.81. The zero-order valence-corrected chi connectivity index (χ0v) is 17.9. The minimum absolute atomic E-state index is 0.0245. The maximum atomic E-state index is 13.1.